The van der Waals surface area contributed by atoms with Gasteiger partial charge in [-0.15, -0.1) is 0 Å². The SMILES string of the molecule is COc1cc(OC)cc(C(NC(=O)c2cc(S(=O)(=O)NC3CC3)ccc2C)c2nccn2C)c1. The van der Waals surface area contributed by atoms with Gasteiger partial charge in [0.25, 0.3) is 5.91 Å². The van der Waals surface area contributed by atoms with E-state index >= 15 is 0 Å². The van der Waals surface area contributed by atoms with Crippen LogP contribution in [0.15, 0.2) is 53.7 Å². The predicted molar refractivity (Wildman–Crippen MR) is 127 cm³/mol. The summed E-state index contributed by atoms with van der Waals surface area (Å²) in [5.74, 6) is 1.31. The Morgan fingerprint density at radius 3 is 2.35 bits per heavy atom. The Bertz CT molecular complexity index is 1290. The van der Waals surface area contributed by atoms with Crippen LogP contribution in [-0.4, -0.2) is 44.1 Å². The standard InChI is InChI=1S/C24H28N4O5S/c1-15-5-8-20(34(30,31)27-17-6-7-17)14-21(15)24(29)26-22(23-25-9-10-28(23)2)16-11-18(32-3)13-19(12-16)33-4/h5,8-14,17,22,27H,6-7H2,1-4H3,(H,26,29). The third-order valence-corrected chi connectivity index (χ3v) is 7.28. The largest absolute Gasteiger partial charge is 0.497 e. The Labute approximate surface area is 199 Å². The molecule has 1 saturated carbocycles. The number of carbonyl (C=O) groups excluding carboxylic acids is 1. The maximum atomic E-state index is 13.5. The van der Waals surface area contributed by atoms with E-state index in [4.69, 9.17) is 9.47 Å². The van der Waals surface area contributed by atoms with Gasteiger partial charge in [0.2, 0.25) is 10.0 Å². The van der Waals surface area contributed by atoms with Gasteiger partial charge in [0.15, 0.2) is 0 Å². The topological polar surface area (TPSA) is 112 Å². The van der Waals surface area contributed by atoms with E-state index in [0.29, 0.717) is 28.5 Å². The third kappa shape index (κ3) is 5.07. The third-order valence-electron chi connectivity index (χ3n) is 5.76. The molecule has 180 valence electrons. The molecule has 3 aromatic rings. The maximum Gasteiger partial charge on any atom is 0.252 e. The van der Waals surface area contributed by atoms with Gasteiger partial charge in [-0.3, -0.25) is 4.79 Å². The number of ether oxygens (including phenoxy) is 2. The molecular weight excluding hydrogens is 456 g/mol. The smallest absolute Gasteiger partial charge is 0.252 e. The van der Waals surface area contributed by atoms with Gasteiger partial charge in [-0.25, -0.2) is 18.1 Å². The van der Waals surface area contributed by atoms with Crippen molar-refractivity contribution in [2.75, 3.05) is 14.2 Å². The highest BCUT2D eigenvalue weighted by Crippen LogP contribution is 2.30. The van der Waals surface area contributed by atoms with Gasteiger partial charge in [-0.05, 0) is 55.2 Å². The van der Waals surface area contributed by atoms with Crippen LogP contribution in [0.25, 0.3) is 0 Å². The highest BCUT2D eigenvalue weighted by atomic mass is 32.2. The molecule has 2 aromatic carbocycles. The lowest BCUT2D eigenvalue weighted by molar-refractivity contribution is 0.0940. The molecule has 1 heterocycles. The minimum Gasteiger partial charge on any atom is -0.497 e. The molecule has 9 nitrogen and oxygen atoms in total. The number of methoxy groups -OCH3 is 2. The molecule has 1 amide bonds. The van der Waals surface area contributed by atoms with E-state index in [9.17, 15) is 13.2 Å². The molecular formula is C24H28N4O5S. The van der Waals surface area contributed by atoms with E-state index in [1.54, 1.807) is 57.8 Å². The number of carbonyl (C=O) groups is 1. The van der Waals surface area contributed by atoms with Gasteiger partial charge in [0.1, 0.15) is 23.4 Å². The monoisotopic (exact) mass is 484 g/mol. The van der Waals surface area contributed by atoms with Crippen molar-refractivity contribution < 1.29 is 22.7 Å². The molecule has 1 aromatic heterocycles. The van der Waals surface area contributed by atoms with Crippen molar-refractivity contribution in [3.05, 3.63) is 71.3 Å². The Hall–Kier alpha value is -3.37. The Morgan fingerprint density at radius 2 is 1.79 bits per heavy atom. The zero-order valence-electron chi connectivity index (χ0n) is 19.5. The van der Waals surface area contributed by atoms with E-state index in [1.165, 1.54) is 12.1 Å². The second kappa shape index (κ2) is 9.47. The van der Waals surface area contributed by atoms with Crippen molar-refractivity contribution in [3.8, 4) is 11.5 Å². The van der Waals surface area contributed by atoms with Crippen molar-refractivity contribution >= 4 is 15.9 Å². The summed E-state index contributed by atoms with van der Waals surface area (Å²) in [7, 11) is 1.24. The van der Waals surface area contributed by atoms with Crippen LogP contribution in [0.2, 0.25) is 0 Å². The first kappa shape index (κ1) is 23.8. The van der Waals surface area contributed by atoms with Crippen LogP contribution in [0.1, 0.15) is 46.2 Å². The average molecular weight is 485 g/mol. The molecule has 0 bridgehead atoms. The Morgan fingerprint density at radius 1 is 1.12 bits per heavy atom. The molecule has 10 heteroatoms. The molecule has 2 N–H and O–H groups in total. The van der Waals surface area contributed by atoms with Crippen LogP contribution >= 0.6 is 0 Å². The zero-order valence-corrected chi connectivity index (χ0v) is 20.3. The van der Waals surface area contributed by atoms with Gasteiger partial charge in [-0.2, -0.15) is 0 Å². The molecule has 1 atom stereocenters. The zero-order chi connectivity index (χ0) is 24.5. The number of rotatable bonds is 9. The number of imidazole rings is 1. The number of aromatic nitrogens is 2. The van der Waals surface area contributed by atoms with E-state index < -0.39 is 22.0 Å². The fourth-order valence-electron chi connectivity index (χ4n) is 3.66. The summed E-state index contributed by atoms with van der Waals surface area (Å²) in [5.41, 5.74) is 1.63. The highest BCUT2D eigenvalue weighted by Gasteiger charge is 2.29. The first-order valence-corrected chi connectivity index (χ1v) is 12.3. The number of amides is 1. The first-order valence-electron chi connectivity index (χ1n) is 10.9. The van der Waals surface area contributed by atoms with Gasteiger partial charge >= 0.3 is 0 Å². The fraction of sp³-hybridized carbons (Fsp3) is 0.333. The predicted octanol–water partition coefficient (Wildman–Crippen LogP) is 2.71. The van der Waals surface area contributed by atoms with Crippen LogP contribution in [-0.2, 0) is 17.1 Å². The number of sulfonamides is 1. The van der Waals surface area contributed by atoms with E-state index in [2.05, 4.69) is 15.0 Å². The summed E-state index contributed by atoms with van der Waals surface area (Å²) in [4.78, 5) is 17.9. The fourth-order valence-corrected chi connectivity index (χ4v) is 4.99. The molecule has 34 heavy (non-hydrogen) atoms. The summed E-state index contributed by atoms with van der Waals surface area (Å²) in [5, 5.41) is 3.02. The molecule has 1 aliphatic carbocycles. The minimum absolute atomic E-state index is 0.0283. The van der Waals surface area contributed by atoms with E-state index in [-0.39, 0.29) is 16.5 Å². The minimum atomic E-state index is -3.70. The van der Waals surface area contributed by atoms with Gasteiger partial charge in [0.05, 0.1) is 19.1 Å². The first-order chi connectivity index (χ1) is 16.2. The van der Waals surface area contributed by atoms with Crippen molar-refractivity contribution in [1.82, 2.24) is 19.6 Å². The van der Waals surface area contributed by atoms with Gasteiger partial charge < -0.3 is 19.4 Å². The molecule has 4 rings (SSSR count). The van der Waals surface area contributed by atoms with Crippen molar-refractivity contribution in [3.63, 3.8) is 0 Å². The van der Waals surface area contributed by atoms with Crippen LogP contribution in [0, 0.1) is 6.92 Å². The number of benzene rings is 2. The van der Waals surface area contributed by atoms with Gasteiger partial charge in [0, 0.05) is 37.1 Å². The summed E-state index contributed by atoms with van der Waals surface area (Å²) in [6.45, 7) is 1.77. The molecule has 1 fully saturated rings. The number of hydrogen-bond donors (Lipinski definition) is 2. The summed E-state index contributed by atoms with van der Waals surface area (Å²) >= 11 is 0. The highest BCUT2D eigenvalue weighted by molar-refractivity contribution is 7.89. The molecule has 0 saturated heterocycles. The number of nitrogens with zero attached hydrogens (tertiary/aromatic N) is 2. The summed E-state index contributed by atoms with van der Waals surface area (Å²) in [6, 6.07) is 9.24. The number of aryl methyl sites for hydroxylation is 2. The summed E-state index contributed by atoms with van der Waals surface area (Å²) < 4.78 is 40.7. The lowest BCUT2D eigenvalue weighted by Gasteiger charge is -2.21. The van der Waals surface area contributed by atoms with Crippen molar-refractivity contribution in [2.24, 2.45) is 7.05 Å². The van der Waals surface area contributed by atoms with Crippen LogP contribution < -0.4 is 19.5 Å². The molecule has 0 aliphatic heterocycles. The van der Waals surface area contributed by atoms with Crippen LogP contribution in [0.5, 0.6) is 11.5 Å². The normalized spacial score (nSPS) is 14.5. The molecule has 1 unspecified atom stereocenters. The van der Waals surface area contributed by atoms with E-state index in [0.717, 1.165) is 12.8 Å². The Kier molecular flexibility index (Phi) is 6.63. The number of nitrogens with one attached hydrogen (secondary N) is 2. The summed E-state index contributed by atoms with van der Waals surface area (Å²) in [6.07, 6.45) is 5.09. The van der Waals surface area contributed by atoms with E-state index in [1.807, 2.05) is 11.6 Å². The van der Waals surface area contributed by atoms with Crippen molar-refractivity contribution in [2.45, 2.75) is 36.7 Å². The molecule has 0 spiro atoms. The molecule has 0 radical (unpaired) electrons. The van der Waals surface area contributed by atoms with Crippen LogP contribution in [0.3, 0.4) is 0 Å². The second-order valence-electron chi connectivity index (χ2n) is 8.32. The molecule has 1 aliphatic rings. The lowest BCUT2D eigenvalue weighted by atomic mass is 10.0. The number of hydrogen-bond acceptors (Lipinski definition) is 6. The lowest BCUT2D eigenvalue weighted by Crippen LogP contribution is -2.32. The quantitative estimate of drug-likeness (QED) is 0.483. The maximum absolute atomic E-state index is 13.5. The van der Waals surface area contributed by atoms with Crippen LogP contribution in [0.4, 0.5) is 0 Å². The van der Waals surface area contributed by atoms with Crippen molar-refractivity contribution in [1.29, 1.82) is 0 Å². The second-order valence-corrected chi connectivity index (χ2v) is 10.0. The average Bonchev–Trinajstić information content (AvgIpc) is 3.53. The Balaban J connectivity index is 1.71. The van der Waals surface area contributed by atoms with Gasteiger partial charge in [-0.1, -0.05) is 6.07 Å².